The van der Waals surface area contributed by atoms with Gasteiger partial charge in [-0.05, 0) is 42.2 Å². The Morgan fingerprint density at radius 1 is 0.833 bits per heavy atom. The van der Waals surface area contributed by atoms with Crippen LogP contribution in [-0.4, -0.2) is 9.55 Å². The van der Waals surface area contributed by atoms with E-state index in [1.54, 1.807) is 0 Å². The third kappa shape index (κ3) is 6.35. The fourth-order valence-corrected chi connectivity index (χ4v) is 3.99. The number of aromatic nitrogens is 2. The van der Waals surface area contributed by atoms with Gasteiger partial charge < -0.3 is 9.30 Å². The molecule has 30 heavy (non-hydrogen) atoms. The molecule has 0 unspecified atom stereocenters. The van der Waals surface area contributed by atoms with Crippen molar-refractivity contribution in [1.82, 2.24) is 9.55 Å². The smallest absolute Gasteiger partial charge is 0.147 e. The van der Waals surface area contributed by atoms with Crippen LogP contribution in [0.3, 0.4) is 0 Å². The van der Waals surface area contributed by atoms with Gasteiger partial charge in [0.2, 0.25) is 0 Å². The number of benzene rings is 2. The van der Waals surface area contributed by atoms with Crippen LogP contribution in [0.2, 0.25) is 0 Å². The number of aryl methyl sites for hydroxylation is 1. The average molecular weight is 407 g/mol. The normalized spacial score (nSPS) is 11.5. The second-order valence-corrected chi connectivity index (χ2v) is 8.66. The number of para-hydroxylation sites is 2. The lowest BCUT2D eigenvalue weighted by molar-refractivity contribution is 0.289. The van der Waals surface area contributed by atoms with E-state index in [1.165, 1.54) is 62.4 Å². The maximum atomic E-state index is 6.10. The standard InChI is InChI=1S/C27H38N2O/c1-4-5-6-7-8-9-10-13-20-29-26-15-12-11-14-25(26)28-27(29)21-30-24-18-16-23(17-19-24)22(2)3/h11-12,14-19,22H,4-10,13,20-21H2,1-3H3. The summed E-state index contributed by atoms with van der Waals surface area (Å²) in [5, 5.41) is 0. The summed E-state index contributed by atoms with van der Waals surface area (Å²) in [7, 11) is 0. The number of ether oxygens (including phenoxy) is 1. The van der Waals surface area contributed by atoms with E-state index in [-0.39, 0.29) is 0 Å². The van der Waals surface area contributed by atoms with Gasteiger partial charge in [0.05, 0.1) is 11.0 Å². The second-order valence-electron chi connectivity index (χ2n) is 8.66. The molecule has 3 nitrogen and oxygen atoms in total. The molecular weight excluding hydrogens is 368 g/mol. The maximum Gasteiger partial charge on any atom is 0.147 e. The Kier molecular flexibility index (Phi) is 8.80. The third-order valence-electron chi connectivity index (χ3n) is 5.88. The Hall–Kier alpha value is -2.29. The number of hydrogen-bond acceptors (Lipinski definition) is 2. The number of hydrogen-bond donors (Lipinski definition) is 0. The molecule has 0 saturated carbocycles. The zero-order chi connectivity index (χ0) is 21.2. The highest BCUT2D eigenvalue weighted by molar-refractivity contribution is 5.75. The molecule has 2 aromatic carbocycles. The van der Waals surface area contributed by atoms with Gasteiger partial charge in [-0.2, -0.15) is 0 Å². The van der Waals surface area contributed by atoms with Crippen molar-refractivity contribution in [2.75, 3.05) is 0 Å². The molecule has 0 radical (unpaired) electrons. The molecule has 0 fully saturated rings. The summed E-state index contributed by atoms with van der Waals surface area (Å²) in [5.41, 5.74) is 3.62. The number of imidazole rings is 1. The Labute approximate surface area is 182 Å². The van der Waals surface area contributed by atoms with Crippen LogP contribution < -0.4 is 4.74 Å². The van der Waals surface area contributed by atoms with Crippen LogP contribution in [0.25, 0.3) is 11.0 Å². The van der Waals surface area contributed by atoms with Gasteiger partial charge in [0.15, 0.2) is 0 Å². The van der Waals surface area contributed by atoms with Crippen molar-refractivity contribution in [3.63, 3.8) is 0 Å². The Bertz CT molecular complexity index is 880. The maximum absolute atomic E-state index is 6.10. The topological polar surface area (TPSA) is 27.1 Å². The third-order valence-corrected chi connectivity index (χ3v) is 5.88. The van der Waals surface area contributed by atoms with Gasteiger partial charge in [0, 0.05) is 6.54 Å². The van der Waals surface area contributed by atoms with Gasteiger partial charge in [-0.15, -0.1) is 0 Å². The lowest BCUT2D eigenvalue weighted by Gasteiger charge is -2.11. The van der Waals surface area contributed by atoms with Crippen molar-refractivity contribution >= 4 is 11.0 Å². The van der Waals surface area contributed by atoms with Crippen LogP contribution in [0.15, 0.2) is 48.5 Å². The molecule has 0 amide bonds. The van der Waals surface area contributed by atoms with Crippen LogP contribution in [0.1, 0.15) is 89.4 Å². The highest BCUT2D eigenvalue weighted by Gasteiger charge is 2.11. The summed E-state index contributed by atoms with van der Waals surface area (Å²) in [6, 6.07) is 16.9. The summed E-state index contributed by atoms with van der Waals surface area (Å²) in [4.78, 5) is 4.86. The van der Waals surface area contributed by atoms with Crippen LogP contribution in [-0.2, 0) is 13.2 Å². The van der Waals surface area contributed by atoms with E-state index in [9.17, 15) is 0 Å². The van der Waals surface area contributed by atoms with Crippen molar-refractivity contribution < 1.29 is 4.74 Å². The summed E-state index contributed by atoms with van der Waals surface area (Å²) in [6.45, 7) is 8.22. The SMILES string of the molecule is CCCCCCCCCCn1c(COc2ccc(C(C)C)cc2)nc2ccccc21. The van der Waals surface area contributed by atoms with Crippen LogP contribution in [0, 0.1) is 0 Å². The van der Waals surface area contributed by atoms with Crippen molar-refractivity contribution in [3.05, 3.63) is 59.9 Å². The van der Waals surface area contributed by atoms with Crippen molar-refractivity contribution in [2.45, 2.75) is 91.2 Å². The Morgan fingerprint density at radius 3 is 2.20 bits per heavy atom. The molecule has 0 aliphatic carbocycles. The van der Waals surface area contributed by atoms with E-state index >= 15 is 0 Å². The van der Waals surface area contributed by atoms with E-state index < -0.39 is 0 Å². The molecule has 1 aromatic heterocycles. The second kappa shape index (κ2) is 11.8. The van der Waals surface area contributed by atoms with Gasteiger partial charge in [-0.3, -0.25) is 0 Å². The van der Waals surface area contributed by atoms with Crippen molar-refractivity contribution in [1.29, 1.82) is 0 Å². The first-order chi connectivity index (χ1) is 14.7. The number of fused-ring (bicyclic) bond motifs is 1. The zero-order valence-corrected chi connectivity index (χ0v) is 19.1. The van der Waals surface area contributed by atoms with Crippen LogP contribution in [0.5, 0.6) is 5.75 Å². The Morgan fingerprint density at radius 2 is 1.50 bits per heavy atom. The minimum absolute atomic E-state index is 0.507. The molecule has 0 bridgehead atoms. The van der Waals surface area contributed by atoms with E-state index in [4.69, 9.17) is 9.72 Å². The first-order valence-electron chi connectivity index (χ1n) is 11.9. The summed E-state index contributed by atoms with van der Waals surface area (Å²) in [6.07, 6.45) is 10.7. The van der Waals surface area contributed by atoms with E-state index in [2.05, 4.69) is 73.9 Å². The molecule has 1 heterocycles. The van der Waals surface area contributed by atoms with E-state index in [0.717, 1.165) is 23.6 Å². The minimum atomic E-state index is 0.507. The monoisotopic (exact) mass is 406 g/mol. The average Bonchev–Trinajstić information content (AvgIpc) is 3.12. The Balaban J connectivity index is 1.57. The van der Waals surface area contributed by atoms with Crippen LogP contribution in [0.4, 0.5) is 0 Å². The largest absolute Gasteiger partial charge is 0.486 e. The minimum Gasteiger partial charge on any atom is -0.486 e. The first kappa shape index (κ1) is 22.4. The van der Waals surface area contributed by atoms with Gasteiger partial charge in [0.25, 0.3) is 0 Å². The summed E-state index contributed by atoms with van der Waals surface area (Å²) < 4.78 is 8.45. The van der Waals surface area contributed by atoms with E-state index in [0.29, 0.717) is 12.5 Å². The van der Waals surface area contributed by atoms with E-state index in [1.807, 2.05) is 0 Å². The summed E-state index contributed by atoms with van der Waals surface area (Å²) >= 11 is 0. The molecule has 3 aromatic rings. The highest BCUT2D eigenvalue weighted by Crippen LogP contribution is 2.22. The predicted molar refractivity (Wildman–Crippen MR) is 127 cm³/mol. The predicted octanol–water partition coefficient (Wildman–Crippen LogP) is 7.88. The fraction of sp³-hybridized carbons (Fsp3) is 0.519. The lowest BCUT2D eigenvalue weighted by Crippen LogP contribution is -2.07. The summed E-state index contributed by atoms with van der Waals surface area (Å²) in [5.74, 6) is 2.46. The molecule has 0 aliphatic heterocycles. The first-order valence-corrected chi connectivity index (χ1v) is 11.9. The molecule has 0 spiro atoms. The molecule has 162 valence electrons. The zero-order valence-electron chi connectivity index (χ0n) is 19.1. The molecule has 3 heteroatoms. The highest BCUT2D eigenvalue weighted by atomic mass is 16.5. The molecule has 3 rings (SSSR count). The van der Waals surface area contributed by atoms with Crippen LogP contribution >= 0.6 is 0 Å². The van der Waals surface area contributed by atoms with Gasteiger partial charge >= 0.3 is 0 Å². The number of unbranched alkanes of at least 4 members (excludes halogenated alkanes) is 7. The molecule has 0 aliphatic rings. The quantitative estimate of drug-likeness (QED) is 0.270. The number of rotatable bonds is 13. The van der Waals surface area contributed by atoms with Gasteiger partial charge in [-0.25, -0.2) is 4.98 Å². The number of nitrogens with zero attached hydrogens (tertiary/aromatic N) is 2. The van der Waals surface area contributed by atoms with Crippen molar-refractivity contribution in [3.8, 4) is 5.75 Å². The van der Waals surface area contributed by atoms with Gasteiger partial charge in [-0.1, -0.05) is 90.0 Å². The van der Waals surface area contributed by atoms with Gasteiger partial charge in [0.1, 0.15) is 18.2 Å². The molecule has 0 saturated heterocycles. The fourth-order valence-electron chi connectivity index (χ4n) is 3.99. The molecular formula is C27H38N2O. The van der Waals surface area contributed by atoms with Crippen molar-refractivity contribution in [2.24, 2.45) is 0 Å². The molecule has 0 N–H and O–H groups in total. The lowest BCUT2D eigenvalue weighted by atomic mass is 10.0. The molecule has 0 atom stereocenters.